The van der Waals surface area contributed by atoms with Crippen LogP contribution >= 0.6 is 21.6 Å². The third kappa shape index (κ3) is 7.29. The van der Waals surface area contributed by atoms with Crippen LogP contribution in [0.5, 0.6) is 0 Å². The third-order valence-electron chi connectivity index (χ3n) is 3.08. The second-order valence-electron chi connectivity index (χ2n) is 5.02. The smallest absolute Gasteiger partial charge is 0.202 e. The van der Waals surface area contributed by atoms with E-state index >= 15 is 0 Å². The number of hydrogen-bond acceptors (Lipinski definition) is 6. The van der Waals surface area contributed by atoms with E-state index in [9.17, 15) is 16.8 Å². The van der Waals surface area contributed by atoms with Crippen LogP contribution in [-0.4, -0.2) is 28.3 Å². The molecule has 0 bridgehead atoms. The fraction of sp³-hybridized carbons (Fsp3) is 0.250. The minimum Gasteiger partial charge on any atom is -0.217 e. The van der Waals surface area contributed by atoms with Gasteiger partial charge in [-0.3, -0.25) is 0 Å². The van der Waals surface area contributed by atoms with Gasteiger partial charge in [0.2, 0.25) is 17.7 Å². The van der Waals surface area contributed by atoms with E-state index in [1.54, 1.807) is 0 Å². The van der Waals surface area contributed by atoms with Gasteiger partial charge in [-0.15, -0.1) is 0 Å². The summed E-state index contributed by atoms with van der Waals surface area (Å²) >= 11 is 0. The van der Waals surface area contributed by atoms with Crippen molar-refractivity contribution in [2.24, 2.45) is 0 Å². The maximum Gasteiger partial charge on any atom is 0.202 e. The lowest BCUT2D eigenvalue weighted by Gasteiger charge is -2.06. The highest BCUT2D eigenvalue weighted by molar-refractivity contribution is 8.73. The zero-order valence-corrected chi connectivity index (χ0v) is 16.1. The summed E-state index contributed by atoms with van der Waals surface area (Å²) in [5.41, 5.74) is 1.79. The Morgan fingerprint density at radius 2 is 0.917 bits per heavy atom. The van der Waals surface area contributed by atoms with E-state index in [2.05, 4.69) is 0 Å². The summed E-state index contributed by atoms with van der Waals surface area (Å²) in [7, 11) is -5.37. The van der Waals surface area contributed by atoms with Crippen LogP contribution in [0.25, 0.3) is 0 Å². The first-order valence-corrected chi connectivity index (χ1v) is 13.5. The monoisotopic (exact) mass is 402 g/mol. The predicted octanol–water partition coefficient (Wildman–Crippen LogP) is 3.51. The largest absolute Gasteiger partial charge is 0.217 e. The van der Waals surface area contributed by atoms with Gasteiger partial charge in [0.15, 0.2) is 0 Å². The van der Waals surface area contributed by atoms with Crippen LogP contribution in [0.1, 0.15) is 11.1 Å². The van der Waals surface area contributed by atoms with Crippen LogP contribution in [-0.2, 0) is 29.2 Å². The van der Waals surface area contributed by atoms with E-state index in [-0.39, 0.29) is 11.5 Å². The molecular weight excluding hydrogens is 384 g/mol. The number of benzene rings is 2. The molecule has 0 saturated carbocycles. The maximum atomic E-state index is 12.0. The molecule has 0 aliphatic rings. The van der Waals surface area contributed by atoms with Crippen LogP contribution in [0.3, 0.4) is 0 Å². The van der Waals surface area contributed by atoms with Gasteiger partial charge in [-0.05, 0) is 32.7 Å². The molecule has 0 spiro atoms. The quantitative estimate of drug-likeness (QED) is 0.598. The van der Waals surface area contributed by atoms with Gasteiger partial charge in [0.25, 0.3) is 0 Å². The van der Waals surface area contributed by atoms with Crippen molar-refractivity contribution in [1.82, 2.24) is 0 Å². The summed E-state index contributed by atoms with van der Waals surface area (Å²) in [5.74, 6) is -0.0932. The molecule has 2 aromatic carbocycles. The summed E-state index contributed by atoms with van der Waals surface area (Å²) in [6.07, 6.45) is 0. The first-order valence-electron chi connectivity index (χ1n) is 7.18. The van der Waals surface area contributed by atoms with Gasteiger partial charge in [0.05, 0.1) is 11.5 Å². The third-order valence-corrected chi connectivity index (χ3v) is 10.2. The Bertz CT molecular complexity index is 759. The zero-order valence-electron chi connectivity index (χ0n) is 12.9. The molecule has 0 heterocycles. The van der Waals surface area contributed by atoms with Gasteiger partial charge >= 0.3 is 0 Å². The summed E-state index contributed by atoms with van der Waals surface area (Å²) in [5, 5.41) is 0. The molecule has 0 amide bonds. The fourth-order valence-corrected chi connectivity index (χ4v) is 8.50. The van der Waals surface area contributed by atoms with Gasteiger partial charge in [-0.1, -0.05) is 60.7 Å². The van der Waals surface area contributed by atoms with E-state index < -0.39 is 17.7 Å². The van der Waals surface area contributed by atoms with E-state index in [0.717, 1.165) is 32.7 Å². The normalized spacial score (nSPS) is 12.2. The van der Waals surface area contributed by atoms with Crippen molar-refractivity contribution in [1.29, 1.82) is 0 Å². The van der Waals surface area contributed by atoms with Crippen molar-refractivity contribution in [2.45, 2.75) is 11.5 Å². The Hall–Kier alpha value is -0.960. The molecule has 0 aliphatic carbocycles. The van der Waals surface area contributed by atoms with Crippen molar-refractivity contribution in [2.75, 3.05) is 11.5 Å². The fourth-order valence-electron chi connectivity index (χ4n) is 1.79. The van der Waals surface area contributed by atoms with E-state index in [0.29, 0.717) is 11.5 Å². The molecule has 0 radical (unpaired) electrons. The Kier molecular flexibility index (Phi) is 7.21. The van der Waals surface area contributed by atoms with Gasteiger partial charge in [0, 0.05) is 11.5 Å². The Labute approximate surface area is 150 Å². The van der Waals surface area contributed by atoms with Crippen molar-refractivity contribution in [3.8, 4) is 0 Å². The van der Waals surface area contributed by atoms with Crippen molar-refractivity contribution >= 4 is 39.3 Å². The topological polar surface area (TPSA) is 68.3 Å². The van der Waals surface area contributed by atoms with Crippen molar-refractivity contribution in [3.63, 3.8) is 0 Å². The lowest BCUT2D eigenvalue weighted by molar-refractivity contribution is 0.603. The number of rotatable bonds is 9. The first kappa shape index (κ1) is 19.4. The molecule has 0 atom stereocenters. The molecule has 0 aromatic heterocycles. The molecule has 0 aliphatic heterocycles. The summed E-state index contributed by atoms with van der Waals surface area (Å²) in [6, 6.07) is 18.5. The highest BCUT2D eigenvalue weighted by Gasteiger charge is 2.19. The van der Waals surface area contributed by atoms with Gasteiger partial charge in [0.1, 0.15) is 0 Å². The summed E-state index contributed by atoms with van der Waals surface area (Å²) < 4.78 is 48.1. The zero-order chi connectivity index (χ0) is 17.5. The van der Waals surface area contributed by atoms with Gasteiger partial charge < -0.3 is 0 Å². The lowest BCUT2D eigenvalue weighted by Crippen LogP contribution is -2.12. The highest BCUT2D eigenvalue weighted by Crippen LogP contribution is 2.23. The average Bonchev–Trinajstić information content (AvgIpc) is 2.59. The molecule has 0 N–H and O–H groups in total. The van der Waals surface area contributed by atoms with Crippen LogP contribution in [0.4, 0.5) is 0 Å². The minimum atomic E-state index is -3.47. The van der Waals surface area contributed by atoms with Gasteiger partial charge in [-0.2, -0.15) is 0 Å². The molecule has 2 aromatic rings. The molecule has 24 heavy (non-hydrogen) atoms. The first-order chi connectivity index (χ1) is 11.4. The molecular formula is C16H18O4S4. The van der Waals surface area contributed by atoms with E-state index in [1.165, 1.54) is 0 Å². The number of hydrogen-bond donors (Lipinski definition) is 0. The van der Waals surface area contributed by atoms with Crippen LogP contribution in [0, 0.1) is 0 Å². The molecule has 8 heteroatoms. The van der Waals surface area contributed by atoms with Gasteiger partial charge in [-0.25, -0.2) is 16.8 Å². The predicted molar refractivity (Wildman–Crippen MR) is 103 cm³/mol. The van der Waals surface area contributed by atoms with E-state index in [1.807, 2.05) is 60.7 Å². The molecule has 0 fully saturated rings. The Balaban J connectivity index is 1.81. The molecule has 2 rings (SSSR count). The summed E-state index contributed by atoms with van der Waals surface area (Å²) in [4.78, 5) is 0. The molecule has 130 valence electrons. The lowest BCUT2D eigenvalue weighted by atomic mass is 10.2. The highest BCUT2D eigenvalue weighted by atomic mass is 33.1. The van der Waals surface area contributed by atoms with Crippen molar-refractivity contribution in [3.05, 3.63) is 71.8 Å². The maximum absolute atomic E-state index is 12.0. The summed E-state index contributed by atoms with van der Waals surface area (Å²) in [6.45, 7) is 0. The van der Waals surface area contributed by atoms with Crippen LogP contribution < -0.4 is 0 Å². The minimum absolute atomic E-state index is 0.320. The van der Waals surface area contributed by atoms with E-state index in [4.69, 9.17) is 0 Å². The molecule has 4 nitrogen and oxygen atoms in total. The Morgan fingerprint density at radius 3 is 1.25 bits per heavy atom. The average molecular weight is 403 g/mol. The Morgan fingerprint density at radius 1 is 0.583 bits per heavy atom. The van der Waals surface area contributed by atoms with Crippen LogP contribution in [0.2, 0.25) is 0 Å². The second kappa shape index (κ2) is 8.94. The van der Waals surface area contributed by atoms with Crippen LogP contribution in [0.15, 0.2) is 60.7 Å². The second-order valence-corrected chi connectivity index (χ2v) is 13.6. The standard InChI is InChI=1S/C16H18O4S4/c17-23(18,21-13-15-7-3-1-4-8-15)11-12-24(19,20)22-14-16-9-5-2-6-10-16/h1-10H,11-14H2. The molecule has 0 unspecified atom stereocenters. The SMILES string of the molecule is O=S(=O)(CCS(=O)(=O)SCc1ccccc1)SCc1ccccc1. The molecule has 0 saturated heterocycles. The van der Waals surface area contributed by atoms with Crippen molar-refractivity contribution < 1.29 is 16.8 Å².